The van der Waals surface area contributed by atoms with Crippen molar-refractivity contribution < 1.29 is 26.4 Å². The number of nitrogens with two attached hydrogens (primary N) is 1. The number of nitrogen functional groups attached to an aromatic ring is 1. The lowest BCUT2D eigenvalue weighted by molar-refractivity contribution is -0.143. The minimum absolute atomic E-state index is 0.114. The summed E-state index contributed by atoms with van der Waals surface area (Å²) in [7, 11) is -2.96. The number of hydrogen-bond donors (Lipinski definition) is 2. The summed E-state index contributed by atoms with van der Waals surface area (Å²) in [4.78, 5) is 37.0. The molecule has 0 aliphatic carbocycles. The number of nitrogens with zero attached hydrogens (tertiary/aromatic N) is 3. The molecule has 2 rings (SSSR count). The molecule has 0 bridgehead atoms. The van der Waals surface area contributed by atoms with Crippen molar-refractivity contribution in [2.75, 3.05) is 19.4 Å². The Hall–Kier alpha value is -2.84. The first-order chi connectivity index (χ1) is 14.7. The molecular weight excluding hydrogens is 479 g/mol. The van der Waals surface area contributed by atoms with Gasteiger partial charge in [-0.05, 0) is 24.6 Å². The van der Waals surface area contributed by atoms with E-state index in [9.17, 15) is 36.0 Å². The van der Waals surface area contributed by atoms with Crippen molar-refractivity contribution >= 4 is 27.7 Å². The normalized spacial score (nSPS) is 12.2. The number of carbonyl (C=O) groups excluding carboxylic acids is 1. The monoisotopic (exact) mass is 497 g/mol. The third-order valence-corrected chi connectivity index (χ3v) is 6.12. The summed E-state index contributed by atoms with van der Waals surface area (Å²) in [5.41, 5.74) is -5.36. The maximum Gasteiger partial charge on any atom is 0.433 e. The molecule has 0 saturated heterocycles. The van der Waals surface area contributed by atoms with Gasteiger partial charge in [0.1, 0.15) is 0 Å². The van der Waals surface area contributed by atoms with Gasteiger partial charge >= 0.3 is 22.1 Å². The Kier molecular flexibility index (Phi) is 7.42. The van der Waals surface area contributed by atoms with Crippen molar-refractivity contribution in [2.45, 2.75) is 25.9 Å². The molecule has 0 fully saturated rings. The van der Waals surface area contributed by atoms with E-state index in [-0.39, 0.29) is 32.6 Å². The largest absolute Gasteiger partial charge is 0.433 e. The van der Waals surface area contributed by atoms with Gasteiger partial charge in [0.25, 0.3) is 11.5 Å². The van der Waals surface area contributed by atoms with Gasteiger partial charge in [0.05, 0.1) is 16.3 Å². The van der Waals surface area contributed by atoms with Crippen molar-refractivity contribution in [1.82, 2.24) is 18.3 Å². The summed E-state index contributed by atoms with van der Waals surface area (Å²) in [6, 6.07) is 3.15. The number of amides is 1. The smallest absolute Gasteiger partial charge is 0.335 e. The molecule has 15 heteroatoms. The first-order valence-electron chi connectivity index (χ1n) is 9.00. The fourth-order valence-electron chi connectivity index (χ4n) is 2.59. The second kappa shape index (κ2) is 9.34. The lowest BCUT2D eigenvalue weighted by atomic mass is 10.2. The maximum absolute atomic E-state index is 12.9. The molecule has 0 radical (unpaired) electrons. The second-order valence-electron chi connectivity index (χ2n) is 6.63. The Morgan fingerprint density at radius 3 is 2.44 bits per heavy atom. The number of unbranched alkanes of at least 4 members (excludes halogenated alkanes) is 1. The van der Waals surface area contributed by atoms with Crippen LogP contribution in [0.1, 0.15) is 35.8 Å². The quantitative estimate of drug-likeness (QED) is 0.549. The van der Waals surface area contributed by atoms with Crippen LogP contribution >= 0.6 is 11.6 Å². The van der Waals surface area contributed by atoms with Crippen LogP contribution in [0.3, 0.4) is 0 Å². The summed E-state index contributed by atoms with van der Waals surface area (Å²) < 4.78 is 66.2. The maximum atomic E-state index is 12.9. The van der Waals surface area contributed by atoms with Crippen LogP contribution in [-0.2, 0) is 16.4 Å². The van der Waals surface area contributed by atoms with Crippen LogP contribution in [0.2, 0.25) is 5.02 Å². The van der Waals surface area contributed by atoms with Gasteiger partial charge in [0, 0.05) is 19.7 Å². The molecule has 0 aliphatic heterocycles. The van der Waals surface area contributed by atoms with Crippen LogP contribution < -0.4 is 21.8 Å². The van der Waals surface area contributed by atoms with Gasteiger partial charge in [0.15, 0.2) is 5.69 Å². The first kappa shape index (κ1) is 25.4. The summed E-state index contributed by atoms with van der Waals surface area (Å²) >= 11 is 5.95. The molecule has 3 N–H and O–H groups in total. The number of carbonyl (C=O) groups is 1. The minimum atomic E-state index is -5.06. The highest BCUT2D eigenvalue weighted by molar-refractivity contribution is 7.87. The highest BCUT2D eigenvalue weighted by Crippen LogP contribution is 2.26. The molecule has 0 spiro atoms. The van der Waals surface area contributed by atoms with E-state index in [1.54, 1.807) is 4.72 Å². The Morgan fingerprint density at radius 2 is 1.88 bits per heavy atom. The fraction of sp³-hybridized carbons (Fsp3) is 0.353. The molecule has 0 aliphatic rings. The summed E-state index contributed by atoms with van der Waals surface area (Å²) in [6.45, 7) is 1.99. The van der Waals surface area contributed by atoms with E-state index in [2.05, 4.69) is 0 Å². The van der Waals surface area contributed by atoms with Gasteiger partial charge in [-0.1, -0.05) is 24.9 Å². The van der Waals surface area contributed by atoms with Gasteiger partial charge in [-0.15, -0.1) is 0 Å². The van der Waals surface area contributed by atoms with Crippen molar-refractivity contribution in [1.29, 1.82) is 0 Å². The van der Waals surface area contributed by atoms with E-state index in [1.165, 1.54) is 7.05 Å². The van der Waals surface area contributed by atoms with Crippen LogP contribution in [0.15, 0.2) is 33.9 Å². The molecule has 1 heterocycles. The Bertz CT molecular complexity index is 1260. The Labute approximate surface area is 185 Å². The average Bonchev–Trinajstić information content (AvgIpc) is 2.68. The average molecular weight is 498 g/mol. The van der Waals surface area contributed by atoms with Crippen LogP contribution in [0.5, 0.6) is 0 Å². The van der Waals surface area contributed by atoms with Gasteiger partial charge in [0.2, 0.25) is 0 Å². The summed E-state index contributed by atoms with van der Waals surface area (Å²) in [5, 5.41) is -0.231. The zero-order valence-electron chi connectivity index (χ0n) is 16.8. The first-order valence-corrected chi connectivity index (χ1v) is 10.8. The number of halogens is 4. The van der Waals surface area contributed by atoms with Crippen molar-refractivity contribution in [3.63, 3.8) is 0 Å². The van der Waals surface area contributed by atoms with Gasteiger partial charge in [-0.25, -0.2) is 18.8 Å². The molecule has 1 amide bonds. The Balaban J connectivity index is 2.51. The number of aromatic nitrogens is 2. The van der Waals surface area contributed by atoms with Crippen molar-refractivity contribution in [2.24, 2.45) is 0 Å². The van der Waals surface area contributed by atoms with E-state index in [0.29, 0.717) is 12.8 Å². The SMILES string of the molecule is CCCCN(C)S(=O)(=O)NC(=O)c1cc(-n2c(=O)cc(C(F)(F)F)n(N)c2=O)ccc1Cl. The molecule has 1 aromatic heterocycles. The highest BCUT2D eigenvalue weighted by atomic mass is 35.5. The topological polar surface area (TPSA) is 136 Å². The van der Waals surface area contributed by atoms with Crippen molar-refractivity contribution in [3.8, 4) is 5.69 Å². The number of benzene rings is 1. The zero-order valence-corrected chi connectivity index (χ0v) is 18.4. The summed E-state index contributed by atoms with van der Waals surface area (Å²) in [5.74, 6) is 4.02. The molecule has 2 aromatic rings. The second-order valence-corrected chi connectivity index (χ2v) is 8.81. The summed E-state index contributed by atoms with van der Waals surface area (Å²) in [6.07, 6.45) is -3.80. The predicted molar refractivity (Wildman–Crippen MR) is 110 cm³/mol. The molecular formula is C17H19ClF3N5O5S. The van der Waals surface area contributed by atoms with Gasteiger partial charge in [-0.2, -0.15) is 25.9 Å². The van der Waals surface area contributed by atoms with E-state index in [0.717, 1.165) is 22.5 Å². The third-order valence-electron chi connectivity index (χ3n) is 4.34. The van der Waals surface area contributed by atoms with E-state index >= 15 is 0 Å². The van der Waals surface area contributed by atoms with Crippen LogP contribution in [-0.4, -0.2) is 41.5 Å². The zero-order chi connectivity index (χ0) is 24.4. The fourth-order valence-corrected chi connectivity index (χ4v) is 3.66. The van der Waals surface area contributed by atoms with Gasteiger partial charge < -0.3 is 5.84 Å². The number of nitrogens with one attached hydrogen (secondary N) is 1. The lowest BCUT2D eigenvalue weighted by Crippen LogP contribution is -2.45. The molecule has 32 heavy (non-hydrogen) atoms. The molecule has 0 saturated carbocycles. The highest BCUT2D eigenvalue weighted by Gasteiger charge is 2.36. The molecule has 0 atom stereocenters. The van der Waals surface area contributed by atoms with E-state index in [4.69, 9.17) is 17.4 Å². The number of rotatable bonds is 7. The van der Waals surface area contributed by atoms with Crippen molar-refractivity contribution in [3.05, 3.63) is 61.4 Å². The van der Waals surface area contributed by atoms with Crippen LogP contribution in [0.25, 0.3) is 5.69 Å². The minimum Gasteiger partial charge on any atom is -0.335 e. The molecule has 10 nitrogen and oxygen atoms in total. The predicted octanol–water partition coefficient (Wildman–Crippen LogP) is 1.09. The third kappa shape index (κ3) is 5.31. The number of alkyl halides is 3. The molecule has 0 unspecified atom stereocenters. The van der Waals surface area contributed by atoms with E-state index in [1.807, 2.05) is 6.92 Å². The van der Waals surface area contributed by atoms with Gasteiger partial charge in [-0.3, -0.25) is 9.59 Å². The number of hydrogen-bond acceptors (Lipinski definition) is 6. The van der Waals surface area contributed by atoms with Crippen LogP contribution in [0, 0.1) is 0 Å². The van der Waals surface area contributed by atoms with Crippen LogP contribution in [0.4, 0.5) is 13.2 Å². The molecule has 1 aromatic carbocycles. The lowest BCUT2D eigenvalue weighted by Gasteiger charge is -2.18. The standard InChI is InChI=1S/C17H19ClF3N5O5S/c1-3-4-7-24(2)32(30,31)23-15(28)11-8-10(5-6-12(11)18)25-14(27)9-13(17(19,20)21)26(22)16(25)29/h5-6,8-9H,3-4,7,22H2,1-2H3,(H,23,28). The van der Waals surface area contributed by atoms with E-state index < -0.39 is 44.8 Å². The molecule has 176 valence electrons. The Morgan fingerprint density at radius 1 is 1.25 bits per heavy atom.